The molecule has 0 radical (unpaired) electrons. The summed E-state index contributed by atoms with van der Waals surface area (Å²) in [5.74, 6) is 0. The van der Waals surface area contributed by atoms with Crippen molar-refractivity contribution in [3.8, 4) is 0 Å². The van der Waals surface area contributed by atoms with Crippen LogP contribution in [0.15, 0.2) is 0 Å². The van der Waals surface area contributed by atoms with E-state index in [9.17, 15) is 0 Å². The summed E-state index contributed by atoms with van der Waals surface area (Å²) in [4.78, 5) is 2.24. The van der Waals surface area contributed by atoms with Crippen molar-refractivity contribution in [1.82, 2.24) is 4.90 Å². The third kappa shape index (κ3) is 8.37. The normalized spacial score (nSPS) is 12.4. The van der Waals surface area contributed by atoms with Crippen molar-refractivity contribution in [2.24, 2.45) is 5.41 Å². The quantitative estimate of drug-likeness (QED) is 0.363. The van der Waals surface area contributed by atoms with Crippen molar-refractivity contribution < 1.29 is 13.9 Å². The zero-order valence-corrected chi connectivity index (χ0v) is 16.2. The first-order valence-corrected chi connectivity index (χ1v) is 8.86. The highest BCUT2D eigenvalue weighted by molar-refractivity contribution is 5.97. The molecule has 0 fully saturated rings. The van der Waals surface area contributed by atoms with Gasteiger partial charge in [-0.2, -0.15) is 0 Å². The summed E-state index contributed by atoms with van der Waals surface area (Å²) in [6, 6.07) is 0. The van der Waals surface area contributed by atoms with E-state index in [-0.39, 0.29) is 0 Å². The average molecular weight is 306 g/mol. The van der Waals surface area contributed by atoms with E-state index in [2.05, 4.69) is 18.7 Å². The predicted molar refractivity (Wildman–Crippen MR) is 87.8 cm³/mol. The Hall–Kier alpha value is 0.0569. The Bertz CT molecular complexity index is 205. The lowest BCUT2D eigenvalue weighted by molar-refractivity contribution is -0.0413. The second-order valence-corrected chi connectivity index (χ2v) is 5.96. The van der Waals surface area contributed by atoms with Gasteiger partial charge in [-0.05, 0) is 44.9 Å². The standard InChI is InChI=1S/C15H35NO3Si/c1-5-15(6-2,12-19-20)10-9-11-16(13-17-7-3)14-18-8-4/h5-14H2,1-4,20H3. The molecule has 0 aromatic carbocycles. The number of rotatable bonds is 14. The van der Waals surface area contributed by atoms with Crippen molar-refractivity contribution in [3.63, 3.8) is 0 Å². The second-order valence-electron chi connectivity index (χ2n) is 5.38. The summed E-state index contributed by atoms with van der Waals surface area (Å²) in [7, 11) is 0.837. The van der Waals surface area contributed by atoms with Gasteiger partial charge in [0.1, 0.15) is 23.9 Å². The molecule has 0 unspecified atom stereocenters. The highest BCUT2D eigenvalue weighted by Crippen LogP contribution is 2.32. The Morgan fingerprint density at radius 2 is 1.50 bits per heavy atom. The van der Waals surface area contributed by atoms with E-state index in [1.165, 1.54) is 25.7 Å². The van der Waals surface area contributed by atoms with E-state index in [1.807, 2.05) is 13.8 Å². The zero-order valence-electron chi connectivity index (χ0n) is 14.2. The van der Waals surface area contributed by atoms with Gasteiger partial charge in [0.15, 0.2) is 0 Å². The Morgan fingerprint density at radius 1 is 0.950 bits per heavy atom. The summed E-state index contributed by atoms with van der Waals surface area (Å²) in [6.07, 6.45) is 4.79. The molecule has 0 bridgehead atoms. The molecule has 0 heterocycles. The van der Waals surface area contributed by atoms with Gasteiger partial charge in [0.2, 0.25) is 0 Å². The molecule has 0 aliphatic heterocycles. The van der Waals surface area contributed by atoms with Crippen LogP contribution in [0.25, 0.3) is 0 Å². The molecule has 0 spiro atoms. The van der Waals surface area contributed by atoms with E-state index in [4.69, 9.17) is 13.9 Å². The van der Waals surface area contributed by atoms with Crippen molar-refractivity contribution >= 4 is 10.5 Å². The van der Waals surface area contributed by atoms with Crippen molar-refractivity contribution in [1.29, 1.82) is 0 Å². The summed E-state index contributed by atoms with van der Waals surface area (Å²) >= 11 is 0. The molecular formula is C15H35NO3Si. The van der Waals surface area contributed by atoms with Gasteiger partial charge in [-0.15, -0.1) is 0 Å². The maximum atomic E-state index is 5.55. The van der Waals surface area contributed by atoms with Crippen LogP contribution >= 0.6 is 0 Å². The molecular weight excluding hydrogens is 270 g/mol. The lowest BCUT2D eigenvalue weighted by Crippen LogP contribution is -2.32. The first-order chi connectivity index (χ1) is 9.67. The SMILES string of the molecule is CCOCN(CCCC(CC)(CC)CO[SiH3])COCC. The number of hydrogen-bond acceptors (Lipinski definition) is 4. The topological polar surface area (TPSA) is 30.9 Å². The molecule has 0 atom stereocenters. The molecule has 0 aromatic heterocycles. The van der Waals surface area contributed by atoms with Crippen molar-refractivity contribution in [2.45, 2.75) is 53.4 Å². The summed E-state index contributed by atoms with van der Waals surface area (Å²) in [5.41, 5.74) is 0.366. The van der Waals surface area contributed by atoms with Gasteiger partial charge in [-0.1, -0.05) is 13.8 Å². The summed E-state index contributed by atoms with van der Waals surface area (Å²) in [6.45, 7) is 13.4. The molecule has 4 nitrogen and oxygen atoms in total. The van der Waals surface area contributed by atoms with Gasteiger partial charge in [-0.25, -0.2) is 0 Å². The molecule has 0 saturated heterocycles. The van der Waals surface area contributed by atoms with Crippen LogP contribution in [-0.4, -0.2) is 55.2 Å². The van der Waals surface area contributed by atoms with E-state index in [1.54, 1.807) is 0 Å². The number of ether oxygens (including phenoxy) is 2. The van der Waals surface area contributed by atoms with Crippen LogP contribution in [0.5, 0.6) is 0 Å². The predicted octanol–water partition coefficient (Wildman–Crippen LogP) is 2.16. The van der Waals surface area contributed by atoms with Crippen LogP contribution in [0.3, 0.4) is 0 Å². The molecule has 122 valence electrons. The molecule has 20 heavy (non-hydrogen) atoms. The van der Waals surface area contributed by atoms with Gasteiger partial charge in [0, 0.05) is 26.4 Å². The first-order valence-electron chi connectivity index (χ1n) is 8.04. The van der Waals surface area contributed by atoms with Crippen LogP contribution in [0, 0.1) is 5.41 Å². The monoisotopic (exact) mass is 305 g/mol. The molecule has 0 N–H and O–H groups in total. The summed E-state index contributed by atoms with van der Waals surface area (Å²) in [5, 5.41) is 0. The fourth-order valence-corrected chi connectivity index (χ4v) is 3.08. The average Bonchev–Trinajstić information content (AvgIpc) is 2.48. The van der Waals surface area contributed by atoms with E-state index in [0.29, 0.717) is 18.9 Å². The Morgan fingerprint density at radius 3 is 1.90 bits per heavy atom. The van der Waals surface area contributed by atoms with Gasteiger partial charge in [0.05, 0.1) is 0 Å². The van der Waals surface area contributed by atoms with Crippen LogP contribution in [0.4, 0.5) is 0 Å². The largest absolute Gasteiger partial charge is 0.427 e. The maximum absolute atomic E-state index is 5.55. The van der Waals surface area contributed by atoms with Crippen LogP contribution < -0.4 is 0 Å². The Labute approximate surface area is 128 Å². The zero-order chi connectivity index (χ0) is 15.3. The molecule has 0 aromatic rings. The van der Waals surface area contributed by atoms with Gasteiger partial charge < -0.3 is 13.9 Å². The molecule has 0 amide bonds. The van der Waals surface area contributed by atoms with E-state index >= 15 is 0 Å². The minimum atomic E-state index is 0.366. The first kappa shape index (κ1) is 20.1. The Balaban J connectivity index is 4.16. The third-order valence-corrected chi connectivity index (χ3v) is 4.38. The van der Waals surface area contributed by atoms with Crippen LogP contribution in [0.2, 0.25) is 0 Å². The fourth-order valence-electron chi connectivity index (χ4n) is 2.47. The second kappa shape index (κ2) is 12.8. The summed E-state index contributed by atoms with van der Waals surface area (Å²) < 4.78 is 16.6. The number of nitrogens with zero attached hydrogens (tertiary/aromatic N) is 1. The smallest absolute Gasteiger partial charge is 0.145 e. The Kier molecular flexibility index (Phi) is 12.8. The van der Waals surface area contributed by atoms with Gasteiger partial charge in [0.25, 0.3) is 0 Å². The molecule has 0 aliphatic rings. The van der Waals surface area contributed by atoms with E-state index < -0.39 is 0 Å². The van der Waals surface area contributed by atoms with Crippen LogP contribution in [-0.2, 0) is 13.9 Å². The molecule has 0 rings (SSSR count). The highest BCUT2D eigenvalue weighted by atomic mass is 28.2. The molecule has 0 aliphatic carbocycles. The molecule has 5 heteroatoms. The third-order valence-electron chi connectivity index (χ3n) is 4.09. The maximum Gasteiger partial charge on any atom is 0.145 e. The van der Waals surface area contributed by atoms with Crippen molar-refractivity contribution in [3.05, 3.63) is 0 Å². The highest BCUT2D eigenvalue weighted by Gasteiger charge is 2.25. The fraction of sp³-hybridized carbons (Fsp3) is 1.00. The van der Waals surface area contributed by atoms with Gasteiger partial charge in [-0.3, -0.25) is 4.90 Å². The van der Waals surface area contributed by atoms with Crippen molar-refractivity contribution in [2.75, 3.05) is 39.8 Å². The minimum Gasteiger partial charge on any atom is -0.427 e. The molecule has 0 saturated carbocycles. The van der Waals surface area contributed by atoms with E-state index in [0.717, 1.165) is 36.9 Å². The minimum absolute atomic E-state index is 0.366. The number of hydrogen-bond donors (Lipinski definition) is 0. The van der Waals surface area contributed by atoms with Gasteiger partial charge >= 0.3 is 0 Å². The lowest BCUT2D eigenvalue weighted by Gasteiger charge is -2.32. The lowest BCUT2D eigenvalue weighted by atomic mass is 9.79. The van der Waals surface area contributed by atoms with Crippen LogP contribution in [0.1, 0.15) is 53.4 Å².